The maximum atomic E-state index is 10.9. The summed E-state index contributed by atoms with van der Waals surface area (Å²) in [5.41, 5.74) is 0. The fraction of sp³-hybridized carbons (Fsp3) is 0.625. The maximum Gasteiger partial charge on any atom is 0.285 e. The maximum absolute atomic E-state index is 10.9. The molecule has 13 heavy (non-hydrogen) atoms. The molecule has 0 atom stereocenters. The number of Topliss-reactive ketones (excluding diaryl/α,β-unsaturated/α-hetero) is 3. The van der Waals surface area contributed by atoms with Gasteiger partial charge in [0.05, 0.1) is 0 Å². The summed E-state index contributed by atoms with van der Waals surface area (Å²) >= 11 is 0. The molecular formula is C8H12O5. The van der Waals surface area contributed by atoms with Crippen molar-refractivity contribution in [3.63, 3.8) is 0 Å². The van der Waals surface area contributed by atoms with E-state index < -0.39 is 17.4 Å². The molecule has 0 saturated heterocycles. The first-order valence-corrected chi connectivity index (χ1v) is 3.77. The van der Waals surface area contributed by atoms with Gasteiger partial charge in [-0.25, -0.2) is 0 Å². The second-order valence-corrected chi connectivity index (χ2v) is 2.85. The Bertz CT molecular complexity index is 241. The van der Waals surface area contributed by atoms with Gasteiger partial charge in [-0.3, -0.25) is 9.59 Å². The molecule has 0 unspecified atom stereocenters. The third-order valence-corrected chi connectivity index (χ3v) is 1.58. The number of hydrogen-bond acceptors (Lipinski definition) is 5. The Hall–Kier alpha value is -1.07. The van der Waals surface area contributed by atoms with Crippen LogP contribution in [0.15, 0.2) is 0 Å². The molecule has 0 radical (unpaired) electrons. The largest absolute Gasteiger partial charge is 0.354 e. The van der Waals surface area contributed by atoms with Gasteiger partial charge in [-0.15, -0.1) is 0 Å². The van der Waals surface area contributed by atoms with Crippen molar-refractivity contribution in [2.45, 2.75) is 32.5 Å². The number of hydrogen-bond donors (Lipinski definition) is 2. The average Bonchev–Trinajstić information content (AvgIpc) is 1.99. The number of carbonyl (C=O) groups excluding carboxylic acids is 3. The first-order chi connectivity index (χ1) is 5.78. The molecule has 2 N–H and O–H groups in total. The quantitative estimate of drug-likeness (QED) is 0.435. The van der Waals surface area contributed by atoms with Crippen LogP contribution in [0.5, 0.6) is 0 Å². The van der Waals surface area contributed by atoms with Crippen LogP contribution in [0.2, 0.25) is 0 Å². The molecule has 0 fully saturated rings. The van der Waals surface area contributed by atoms with E-state index in [0.29, 0.717) is 0 Å². The molecule has 0 spiro atoms. The van der Waals surface area contributed by atoms with Crippen LogP contribution in [-0.4, -0.2) is 33.3 Å². The SMILES string of the molecule is CC(=O)CCC(=O)C(O)(O)C(C)=O. The van der Waals surface area contributed by atoms with Crippen LogP contribution in [0, 0.1) is 0 Å². The third kappa shape index (κ3) is 3.43. The van der Waals surface area contributed by atoms with Crippen LogP contribution >= 0.6 is 0 Å². The molecule has 0 amide bonds. The molecule has 0 aliphatic rings. The van der Waals surface area contributed by atoms with E-state index in [2.05, 4.69) is 0 Å². The van der Waals surface area contributed by atoms with E-state index in [4.69, 9.17) is 10.2 Å². The van der Waals surface area contributed by atoms with Gasteiger partial charge in [0, 0.05) is 19.8 Å². The lowest BCUT2D eigenvalue weighted by atomic mass is 10.0. The smallest absolute Gasteiger partial charge is 0.285 e. The molecule has 5 nitrogen and oxygen atoms in total. The summed E-state index contributed by atoms with van der Waals surface area (Å²) in [4.78, 5) is 31.9. The van der Waals surface area contributed by atoms with Gasteiger partial charge in [0.15, 0.2) is 11.6 Å². The van der Waals surface area contributed by atoms with Crippen molar-refractivity contribution in [1.82, 2.24) is 0 Å². The van der Waals surface area contributed by atoms with Crippen LogP contribution in [0.4, 0.5) is 0 Å². The molecule has 0 rings (SSSR count). The van der Waals surface area contributed by atoms with Gasteiger partial charge < -0.3 is 15.0 Å². The first-order valence-electron chi connectivity index (χ1n) is 3.77. The van der Waals surface area contributed by atoms with Gasteiger partial charge in [0.25, 0.3) is 5.79 Å². The molecule has 0 saturated carbocycles. The molecule has 5 heteroatoms. The topological polar surface area (TPSA) is 91.7 Å². The number of carbonyl (C=O) groups is 3. The zero-order chi connectivity index (χ0) is 10.6. The number of ketones is 3. The van der Waals surface area contributed by atoms with E-state index >= 15 is 0 Å². The Balaban J connectivity index is 4.26. The van der Waals surface area contributed by atoms with E-state index in [-0.39, 0.29) is 18.6 Å². The second-order valence-electron chi connectivity index (χ2n) is 2.85. The van der Waals surface area contributed by atoms with Gasteiger partial charge in [-0.1, -0.05) is 0 Å². The van der Waals surface area contributed by atoms with Gasteiger partial charge in [0.2, 0.25) is 0 Å². The molecule has 0 heterocycles. The zero-order valence-corrected chi connectivity index (χ0v) is 7.53. The van der Waals surface area contributed by atoms with Gasteiger partial charge in [-0.2, -0.15) is 0 Å². The lowest BCUT2D eigenvalue weighted by Gasteiger charge is -2.15. The summed E-state index contributed by atoms with van der Waals surface area (Å²) in [6, 6.07) is 0. The van der Waals surface area contributed by atoms with E-state index in [9.17, 15) is 14.4 Å². The fourth-order valence-electron chi connectivity index (χ4n) is 0.660. The van der Waals surface area contributed by atoms with Crippen molar-refractivity contribution in [2.75, 3.05) is 0 Å². The minimum absolute atomic E-state index is 0.0883. The van der Waals surface area contributed by atoms with E-state index in [1.807, 2.05) is 0 Å². The summed E-state index contributed by atoms with van der Waals surface area (Å²) in [5, 5.41) is 17.8. The van der Waals surface area contributed by atoms with Crippen molar-refractivity contribution in [1.29, 1.82) is 0 Å². The van der Waals surface area contributed by atoms with E-state index in [1.54, 1.807) is 0 Å². The molecule has 0 aromatic heterocycles. The monoisotopic (exact) mass is 188 g/mol. The molecule has 74 valence electrons. The normalized spacial score (nSPS) is 11.1. The highest BCUT2D eigenvalue weighted by molar-refractivity contribution is 6.07. The van der Waals surface area contributed by atoms with Gasteiger partial charge in [-0.05, 0) is 6.92 Å². The summed E-state index contributed by atoms with van der Waals surface area (Å²) in [6.45, 7) is 2.17. The molecule has 0 aromatic carbocycles. The van der Waals surface area contributed by atoms with Crippen LogP contribution < -0.4 is 0 Å². The molecule has 0 bridgehead atoms. The number of rotatable bonds is 5. The predicted octanol–water partition coefficient (Wildman–Crippen LogP) is -0.805. The number of aliphatic hydroxyl groups is 2. The van der Waals surface area contributed by atoms with Gasteiger partial charge >= 0.3 is 0 Å². The first kappa shape index (κ1) is 11.9. The molecule has 0 aromatic rings. The third-order valence-electron chi connectivity index (χ3n) is 1.58. The Morgan fingerprint density at radius 2 is 1.54 bits per heavy atom. The summed E-state index contributed by atoms with van der Waals surface area (Å²) < 4.78 is 0. The Labute approximate surface area is 75.4 Å². The van der Waals surface area contributed by atoms with Crippen LogP contribution in [0.25, 0.3) is 0 Å². The van der Waals surface area contributed by atoms with Crippen LogP contribution in [0.3, 0.4) is 0 Å². The van der Waals surface area contributed by atoms with Crippen molar-refractivity contribution in [3.05, 3.63) is 0 Å². The average molecular weight is 188 g/mol. The zero-order valence-electron chi connectivity index (χ0n) is 7.53. The predicted molar refractivity (Wildman–Crippen MR) is 42.8 cm³/mol. The van der Waals surface area contributed by atoms with Crippen LogP contribution in [-0.2, 0) is 14.4 Å². The lowest BCUT2D eigenvalue weighted by Crippen LogP contribution is -2.45. The summed E-state index contributed by atoms with van der Waals surface area (Å²) in [7, 11) is 0. The molecule has 0 aliphatic heterocycles. The Kier molecular flexibility index (Phi) is 3.90. The highest BCUT2D eigenvalue weighted by atomic mass is 16.5. The Morgan fingerprint density at radius 1 is 1.08 bits per heavy atom. The summed E-state index contributed by atoms with van der Waals surface area (Å²) in [5.74, 6) is -5.26. The van der Waals surface area contributed by atoms with Crippen molar-refractivity contribution < 1.29 is 24.6 Å². The minimum atomic E-state index is -2.94. The highest BCUT2D eigenvalue weighted by Gasteiger charge is 2.37. The van der Waals surface area contributed by atoms with Crippen molar-refractivity contribution in [3.8, 4) is 0 Å². The second kappa shape index (κ2) is 4.25. The summed E-state index contributed by atoms with van der Waals surface area (Å²) in [6.07, 6.45) is -0.420. The van der Waals surface area contributed by atoms with Crippen molar-refractivity contribution >= 4 is 17.3 Å². The fourth-order valence-corrected chi connectivity index (χ4v) is 0.660. The Morgan fingerprint density at radius 3 is 1.85 bits per heavy atom. The van der Waals surface area contributed by atoms with Crippen LogP contribution in [0.1, 0.15) is 26.7 Å². The lowest BCUT2D eigenvalue weighted by molar-refractivity contribution is -0.188. The molecular weight excluding hydrogens is 176 g/mol. The standard InChI is InChI=1S/C8H12O5/c1-5(9)3-4-7(11)8(12,13)6(2)10/h12-13H,3-4H2,1-2H3. The van der Waals surface area contributed by atoms with E-state index in [0.717, 1.165) is 6.92 Å². The molecule has 0 aliphatic carbocycles. The van der Waals surface area contributed by atoms with Crippen molar-refractivity contribution in [2.24, 2.45) is 0 Å². The minimum Gasteiger partial charge on any atom is -0.354 e. The highest BCUT2D eigenvalue weighted by Crippen LogP contribution is 2.07. The van der Waals surface area contributed by atoms with Gasteiger partial charge in [0.1, 0.15) is 5.78 Å². The van der Waals surface area contributed by atoms with E-state index in [1.165, 1.54) is 6.92 Å².